The van der Waals surface area contributed by atoms with Crippen molar-refractivity contribution < 1.29 is 28.2 Å². The van der Waals surface area contributed by atoms with Crippen molar-refractivity contribution in [1.82, 2.24) is 0 Å². The zero-order valence-corrected chi connectivity index (χ0v) is 17.3. The Morgan fingerprint density at radius 2 is 1.15 bits per heavy atom. The lowest BCUT2D eigenvalue weighted by Crippen LogP contribution is -2.17. The van der Waals surface area contributed by atoms with Crippen LogP contribution in [0, 0.1) is 0 Å². The second-order valence-corrected chi connectivity index (χ2v) is 7.98. The Labute approximate surface area is 161 Å². The lowest BCUT2D eigenvalue weighted by molar-refractivity contribution is -0.136. The molecule has 0 aromatic heterocycles. The maximum atomic E-state index is 11.4. The van der Waals surface area contributed by atoms with Crippen LogP contribution in [-0.2, 0) is 18.0 Å². The normalized spacial score (nSPS) is 12.5. The van der Waals surface area contributed by atoms with Gasteiger partial charge in [-0.25, -0.2) is 0 Å². The molecule has 0 aliphatic heterocycles. The fourth-order valence-corrected chi connectivity index (χ4v) is 3.76. The van der Waals surface area contributed by atoms with Crippen LogP contribution in [-0.4, -0.2) is 34.2 Å². The van der Waals surface area contributed by atoms with Crippen LogP contribution in [0.4, 0.5) is 0 Å². The van der Waals surface area contributed by atoms with Crippen LogP contribution in [0.2, 0.25) is 0 Å². The van der Waals surface area contributed by atoms with E-state index in [1.807, 2.05) is 0 Å². The Balaban J connectivity index is 3.82. The molecule has 6 nitrogen and oxygen atoms in total. The Hall–Kier alpha value is -0.790. The minimum atomic E-state index is -1.91. The van der Waals surface area contributed by atoms with Crippen molar-refractivity contribution in [3.8, 4) is 0 Å². The van der Waals surface area contributed by atoms with Crippen molar-refractivity contribution in [3.63, 3.8) is 0 Å². The predicted molar refractivity (Wildman–Crippen MR) is 106 cm³/mol. The van der Waals surface area contributed by atoms with E-state index in [9.17, 15) is 14.7 Å². The fraction of sp³-hybridized carbons (Fsp3) is 0.895. The molecule has 1 unspecified atom stereocenters. The van der Waals surface area contributed by atoms with Gasteiger partial charge >= 0.3 is 11.9 Å². The third-order valence-corrected chi connectivity index (χ3v) is 5.59. The van der Waals surface area contributed by atoms with Crippen LogP contribution in [0.5, 0.6) is 0 Å². The molecule has 0 aromatic rings. The maximum Gasteiger partial charge on any atom is 0.328 e. The zero-order valence-electron chi connectivity index (χ0n) is 16.5. The van der Waals surface area contributed by atoms with Gasteiger partial charge in [-0.05, 0) is 19.3 Å². The van der Waals surface area contributed by atoms with Crippen molar-refractivity contribution in [1.29, 1.82) is 0 Å². The summed E-state index contributed by atoms with van der Waals surface area (Å²) < 4.78 is 10.2. The first kappa shape index (κ1) is 25.2. The third-order valence-electron chi connectivity index (χ3n) is 4.07. The van der Waals surface area contributed by atoms with E-state index in [4.69, 9.17) is 13.5 Å². The van der Waals surface area contributed by atoms with E-state index >= 15 is 0 Å². The molecule has 0 bridgehead atoms. The number of carbonyl (C=O) groups is 2. The monoisotopic (exact) mass is 394 g/mol. The van der Waals surface area contributed by atoms with E-state index in [2.05, 4.69) is 0 Å². The highest BCUT2D eigenvalue weighted by atomic mass is 32.2. The van der Waals surface area contributed by atoms with Gasteiger partial charge in [0, 0.05) is 19.4 Å². The predicted octanol–water partition coefficient (Wildman–Crippen LogP) is 4.33. The van der Waals surface area contributed by atoms with Gasteiger partial charge in [0.2, 0.25) is 0 Å². The third kappa shape index (κ3) is 14.4. The molecule has 7 heteroatoms. The second kappa shape index (κ2) is 17.6. The summed E-state index contributed by atoms with van der Waals surface area (Å²) in [5, 5.41) is 18.9. The van der Waals surface area contributed by atoms with Crippen LogP contribution in [0.25, 0.3) is 0 Å². The standard InChI is InChI=1S/C19H38O6S/c1-3-17(21)24-26(25-18(22)4-2)19(23)15-13-11-9-7-5-6-8-10-12-14-16-20/h19-20,23,26H,3-16H2,1-2H3. The molecule has 2 N–H and O–H groups in total. The number of thiol groups is 1. The maximum absolute atomic E-state index is 11.4. The van der Waals surface area contributed by atoms with Crippen molar-refractivity contribution >= 4 is 23.4 Å². The molecule has 0 aliphatic carbocycles. The molecule has 0 saturated heterocycles. The molecule has 0 amide bonds. The summed E-state index contributed by atoms with van der Waals surface area (Å²) in [5.41, 5.74) is -0.914. The fourth-order valence-electron chi connectivity index (χ4n) is 2.43. The van der Waals surface area contributed by atoms with Crippen LogP contribution in [0.3, 0.4) is 0 Å². The summed E-state index contributed by atoms with van der Waals surface area (Å²) >= 11 is -1.91. The van der Waals surface area contributed by atoms with Gasteiger partial charge in [0.1, 0.15) is 0 Å². The second-order valence-electron chi connectivity index (χ2n) is 6.45. The van der Waals surface area contributed by atoms with Crippen LogP contribution < -0.4 is 0 Å². The van der Waals surface area contributed by atoms with E-state index < -0.39 is 28.8 Å². The minimum Gasteiger partial charge on any atom is -0.396 e. The average molecular weight is 395 g/mol. The first-order chi connectivity index (χ1) is 12.5. The summed E-state index contributed by atoms with van der Waals surface area (Å²) in [5.74, 6) is -0.920. The molecule has 0 radical (unpaired) electrons. The summed E-state index contributed by atoms with van der Waals surface area (Å²) in [6.45, 7) is 3.62. The molecule has 1 atom stereocenters. The van der Waals surface area contributed by atoms with E-state index in [0.717, 1.165) is 32.1 Å². The van der Waals surface area contributed by atoms with Gasteiger partial charge < -0.3 is 18.6 Å². The van der Waals surface area contributed by atoms with E-state index in [1.165, 1.54) is 32.1 Å². The van der Waals surface area contributed by atoms with E-state index in [1.54, 1.807) is 13.8 Å². The van der Waals surface area contributed by atoms with E-state index in [0.29, 0.717) is 13.0 Å². The zero-order chi connectivity index (χ0) is 19.6. The van der Waals surface area contributed by atoms with Crippen LogP contribution in [0.15, 0.2) is 0 Å². The Morgan fingerprint density at radius 1 is 0.769 bits per heavy atom. The van der Waals surface area contributed by atoms with Gasteiger partial charge in [0.15, 0.2) is 5.44 Å². The molecule has 156 valence electrons. The Kier molecular flexibility index (Phi) is 17.1. The van der Waals surface area contributed by atoms with Gasteiger partial charge in [-0.1, -0.05) is 76.7 Å². The number of carbonyl (C=O) groups excluding carboxylic acids is 2. The summed E-state index contributed by atoms with van der Waals surface area (Å²) in [6, 6.07) is 0. The summed E-state index contributed by atoms with van der Waals surface area (Å²) in [6.07, 6.45) is 11.9. The highest BCUT2D eigenvalue weighted by molar-refractivity contribution is 8.09. The first-order valence-corrected chi connectivity index (χ1v) is 11.3. The molecule has 0 saturated carbocycles. The number of hydrogen-bond acceptors (Lipinski definition) is 6. The number of aliphatic hydroxyl groups excluding tert-OH is 2. The van der Waals surface area contributed by atoms with Crippen molar-refractivity contribution in [2.75, 3.05) is 6.61 Å². The Morgan fingerprint density at radius 3 is 1.54 bits per heavy atom. The highest BCUT2D eigenvalue weighted by Gasteiger charge is 2.19. The number of rotatable bonds is 17. The van der Waals surface area contributed by atoms with Gasteiger partial charge in [-0.3, -0.25) is 9.59 Å². The van der Waals surface area contributed by atoms with Gasteiger partial charge in [-0.2, -0.15) is 0 Å². The van der Waals surface area contributed by atoms with Crippen LogP contribution in [0.1, 0.15) is 97.3 Å². The molecule has 26 heavy (non-hydrogen) atoms. The first-order valence-electron chi connectivity index (χ1n) is 10.0. The smallest absolute Gasteiger partial charge is 0.328 e. The van der Waals surface area contributed by atoms with Gasteiger partial charge in [0.05, 0.1) is 0 Å². The van der Waals surface area contributed by atoms with Crippen molar-refractivity contribution in [2.24, 2.45) is 0 Å². The molecular formula is C19H38O6S. The lowest BCUT2D eigenvalue weighted by Gasteiger charge is -2.28. The minimum absolute atomic E-state index is 0.190. The molecule has 0 rings (SSSR count). The lowest BCUT2D eigenvalue weighted by atomic mass is 10.1. The number of hydrogen-bond donors (Lipinski definition) is 3. The average Bonchev–Trinajstić information content (AvgIpc) is 2.64. The van der Waals surface area contributed by atoms with Gasteiger partial charge in [0.25, 0.3) is 0 Å². The number of aliphatic hydroxyl groups is 2. The molecule has 0 aromatic carbocycles. The molecule has 0 heterocycles. The molecular weight excluding hydrogens is 356 g/mol. The highest BCUT2D eigenvalue weighted by Crippen LogP contribution is 2.36. The summed E-state index contributed by atoms with van der Waals surface area (Å²) in [4.78, 5) is 22.9. The van der Waals surface area contributed by atoms with Crippen LogP contribution >= 0.6 is 11.5 Å². The molecule has 0 fully saturated rings. The number of unbranched alkanes of at least 4 members (excludes halogenated alkanes) is 9. The Bertz CT molecular complexity index is 346. The largest absolute Gasteiger partial charge is 0.396 e. The molecule has 0 aliphatic rings. The van der Waals surface area contributed by atoms with E-state index in [-0.39, 0.29) is 12.8 Å². The quantitative estimate of drug-likeness (QED) is 0.251. The van der Waals surface area contributed by atoms with Crippen molar-refractivity contribution in [2.45, 2.75) is 103 Å². The topological polar surface area (TPSA) is 93.1 Å². The summed E-state index contributed by atoms with van der Waals surface area (Å²) in [7, 11) is 0. The van der Waals surface area contributed by atoms with Gasteiger partial charge in [-0.15, -0.1) is 0 Å². The van der Waals surface area contributed by atoms with Crippen molar-refractivity contribution in [3.05, 3.63) is 0 Å². The SMILES string of the molecule is CCC(=O)O[SH](OC(=O)CC)C(O)CCCCCCCCCCCCO. The molecule has 0 spiro atoms.